The van der Waals surface area contributed by atoms with E-state index in [0.717, 1.165) is 2.88 Å². The molecule has 0 aliphatic rings. The number of carbonyl (C=O) groups is 1. The summed E-state index contributed by atoms with van der Waals surface area (Å²) in [4.78, 5) is 12.1. The Morgan fingerprint density at radius 2 is 1.95 bits per heavy atom. The molecule has 0 spiro atoms. The van der Waals surface area contributed by atoms with E-state index in [1.807, 2.05) is 0 Å². The highest BCUT2D eigenvalue weighted by Gasteiger charge is 2.13. The minimum atomic E-state index is -3.47. The summed E-state index contributed by atoms with van der Waals surface area (Å²) in [7, 11) is -3.47. The maximum absolute atomic E-state index is 12.0. The van der Waals surface area contributed by atoms with Gasteiger partial charge in [-0.05, 0) is 52.9 Å². The monoisotopic (exact) mass is 436 g/mol. The van der Waals surface area contributed by atoms with Crippen molar-refractivity contribution in [3.8, 4) is 0 Å². The van der Waals surface area contributed by atoms with Gasteiger partial charge in [-0.3, -0.25) is 4.79 Å². The number of hydrogen-bond acceptors (Lipinski definition) is 4. The number of anilines is 1. The van der Waals surface area contributed by atoms with Crippen molar-refractivity contribution in [1.82, 2.24) is 4.72 Å². The largest absolute Gasteiger partial charge is 0.322 e. The van der Waals surface area contributed by atoms with E-state index in [1.165, 1.54) is 23.5 Å². The summed E-state index contributed by atoms with van der Waals surface area (Å²) >= 11 is 3.64. The van der Waals surface area contributed by atoms with Crippen LogP contribution >= 0.6 is 33.9 Å². The molecule has 0 radical (unpaired) electrons. The average Bonchev–Trinajstić information content (AvgIpc) is 2.86. The zero-order valence-corrected chi connectivity index (χ0v) is 14.9. The molecule has 1 aromatic carbocycles. The Kier molecular flexibility index (Phi) is 5.36. The van der Waals surface area contributed by atoms with E-state index >= 15 is 0 Å². The predicted octanol–water partition coefficient (Wildman–Crippen LogP) is 2.90. The summed E-state index contributed by atoms with van der Waals surface area (Å²) in [6.07, 6.45) is 0. The Balaban J connectivity index is 2.11. The summed E-state index contributed by atoms with van der Waals surface area (Å²) < 4.78 is 27.0. The van der Waals surface area contributed by atoms with Gasteiger partial charge in [-0.2, -0.15) is 0 Å². The third-order valence-electron chi connectivity index (χ3n) is 2.59. The summed E-state index contributed by atoms with van der Waals surface area (Å²) in [5, 5.41) is 4.51. The lowest BCUT2D eigenvalue weighted by molar-refractivity contribution is 0.102. The Bertz CT molecular complexity index is 739. The van der Waals surface area contributed by atoms with E-state index in [-0.39, 0.29) is 10.8 Å². The fraction of sp³-hybridized carbons (Fsp3) is 0.154. The van der Waals surface area contributed by atoms with Crippen LogP contribution in [0.3, 0.4) is 0 Å². The molecule has 2 N–H and O–H groups in total. The number of nitrogens with one attached hydrogen (secondary N) is 2. The van der Waals surface area contributed by atoms with Crippen LogP contribution in [-0.2, 0) is 10.0 Å². The summed E-state index contributed by atoms with van der Waals surface area (Å²) in [5.41, 5.74) is 1.14. The normalized spacial score (nSPS) is 11.3. The molecule has 5 nitrogen and oxygen atoms in total. The van der Waals surface area contributed by atoms with Crippen LogP contribution in [0.2, 0.25) is 0 Å². The highest BCUT2D eigenvalue weighted by molar-refractivity contribution is 14.1. The van der Waals surface area contributed by atoms with E-state index < -0.39 is 10.0 Å². The molecule has 0 bridgehead atoms. The second-order valence-corrected chi connectivity index (χ2v) is 8.69. The third-order valence-corrected chi connectivity index (χ3v) is 5.94. The number of benzene rings is 1. The summed E-state index contributed by atoms with van der Waals surface area (Å²) in [6, 6.07) is 7.86. The van der Waals surface area contributed by atoms with Crippen LogP contribution in [0.1, 0.15) is 17.3 Å². The molecule has 0 saturated carbocycles. The second-order valence-electron chi connectivity index (χ2n) is 4.12. The van der Waals surface area contributed by atoms with Crippen molar-refractivity contribution in [2.24, 2.45) is 0 Å². The maximum Gasteiger partial charge on any atom is 0.256 e. The average molecular weight is 436 g/mol. The SMILES string of the molecule is CCNS(=O)(=O)c1ccc(NC(=O)c2csc(I)c2)cc1. The molecule has 0 saturated heterocycles. The van der Waals surface area contributed by atoms with Gasteiger partial charge in [0.25, 0.3) is 5.91 Å². The van der Waals surface area contributed by atoms with E-state index in [9.17, 15) is 13.2 Å². The van der Waals surface area contributed by atoms with Gasteiger partial charge in [0.2, 0.25) is 10.0 Å². The summed E-state index contributed by atoms with van der Waals surface area (Å²) in [5.74, 6) is -0.212. The molecule has 8 heteroatoms. The lowest BCUT2D eigenvalue weighted by Gasteiger charge is -2.07. The fourth-order valence-electron chi connectivity index (χ4n) is 1.62. The van der Waals surface area contributed by atoms with E-state index in [2.05, 4.69) is 32.6 Å². The van der Waals surface area contributed by atoms with Crippen molar-refractivity contribution in [3.05, 3.63) is 44.2 Å². The third kappa shape index (κ3) is 4.25. The van der Waals surface area contributed by atoms with Crippen molar-refractivity contribution in [3.63, 3.8) is 0 Å². The standard InChI is InChI=1S/C13H13IN2O3S2/c1-2-15-21(18,19)11-5-3-10(4-6-11)16-13(17)9-7-12(14)20-8-9/h3-8,15H,2H2,1H3,(H,16,17). The Morgan fingerprint density at radius 3 is 2.48 bits per heavy atom. The number of halogens is 1. The Morgan fingerprint density at radius 1 is 1.29 bits per heavy atom. The van der Waals surface area contributed by atoms with Crippen LogP contribution in [0.15, 0.2) is 40.6 Å². The number of hydrogen-bond donors (Lipinski definition) is 2. The first-order valence-electron chi connectivity index (χ1n) is 6.07. The molecule has 112 valence electrons. The highest BCUT2D eigenvalue weighted by Crippen LogP contribution is 2.19. The first-order valence-corrected chi connectivity index (χ1v) is 9.51. The number of rotatable bonds is 5. The van der Waals surface area contributed by atoms with Crippen LogP contribution < -0.4 is 10.0 Å². The maximum atomic E-state index is 12.0. The van der Waals surface area contributed by atoms with Gasteiger partial charge < -0.3 is 5.32 Å². The van der Waals surface area contributed by atoms with Crippen molar-refractivity contribution in [1.29, 1.82) is 0 Å². The van der Waals surface area contributed by atoms with Crippen LogP contribution in [0.5, 0.6) is 0 Å². The topological polar surface area (TPSA) is 75.3 Å². The minimum Gasteiger partial charge on any atom is -0.322 e. The molecule has 2 rings (SSSR count). The lowest BCUT2D eigenvalue weighted by Crippen LogP contribution is -2.23. The van der Waals surface area contributed by atoms with Crippen molar-refractivity contribution >= 4 is 55.5 Å². The van der Waals surface area contributed by atoms with Gasteiger partial charge in [0.1, 0.15) is 0 Å². The quantitative estimate of drug-likeness (QED) is 0.708. The van der Waals surface area contributed by atoms with Crippen LogP contribution in [-0.4, -0.2) is 20.9 Å². The van der Waals surface area contributed by atoms with Gasteiger partial charge in [-0.25, -0.2) is 13.1 Å². The zero-order chi connectivity index (χ0) is 15.5. The molecular weight excluding hydrogens is 423 g/mol. The molecule has 2 aromatic rings. The Hall–Kier alpha value is -0.970. The van der Waals surface area contributed by atoms with Gasteiger partial charge in [0.15, 0.2) is 0 Å². The van der Waals surface area contributed by atoms with Gasteiger partial charge in [0, 0.05) is 17.6 Å². The summed E-state index contributed by atoms with van der Waals surface area (Å²) in [6.45, 7) is 2.05. The van der Waals surface area contributed by atoms with Gasteiger partial charge in [-0.15, -0.1) is 11.3 Å². The molecule has 0 aliphatic carbocycles. The number of amides is 1. The zero-order valence-electron chi connectivity index (χ0n) is 11.1. The molecule has 1 amide bonds. The van der Waals surface area contributed by atoms with Crippen LogP contribution in [0.25, 0.3) is 0 Å². The molecule has 1 heterocycles. The lowest BCUT2D eigenvalue weighted by atomic mass is 10.3. The van der Waals surface area contributed by atoms with Gasteiger partial charge in [0.05, 0.1) is 13.3 Å². The minimum absolute atomic E-state index is 0.174. The van der Waals surface area contributed by atoms with Crippen LogP contribution in [0, 0.1) is 2.88 Å². The molecule has 0 atom stereocenters. The highest BCUT2D eigenvalue weighted by atomic mass is 127. The predicted molar refractivity (Wildman–Crippen MR) is 92.3 cm³/mol. The van der Waals surface area contributed by atoms with Crippen molar-refractivity contribution in [2.45, 2.75) is 11.8 Å². The first kappa shape index (κ1) is 16.4. The van der Waals surface area contributed by atoms with Gasteiger partial charge >= 0.3 is 0 Å². The van der Waals surface area contributed by atoms with Gasteiger partial charge in [-0.1, -0.05) is 6.92 Å². The molecule has 0 aliphatic heterocycles. The smallest absolute Gasteiger partial charge is 0.256 e. The number of thiophene rings is 1. The van der Waals surface area contributed by atoms with E-state index in [1.54, 1.807) is 30.5 Å². The van der Waals surface area contributed by atoms with E-state index in [4.69, 9.17) is 0 Å². The fourth-order valence-corrected chi connectivity index (χ4v) is 3.99. The molecule has 21 heavy (non-hydrogen) atoms. The first-order chi connectivity index (χ1) is 9.92. The van der Waals surface area contributed by atoms with Crippen molar-refractivity contribution in [2.75, 3.05) is 11.9 Å². The molecule has 0 fully saturated rings. The Labute approximate surface area is 141 Å². The second kappa shape index (κ2) is 6.86. The molecule has 0 unspecified atom stereocenters. The number of sulfonamides is 1. The molecular formula is C13H13IN2O3S2. The van der Waals surface area contributed by atoms with Crippen LogP contribution in [0.4, 0.5) is 5.69 Å². The number of carbonyl (C=O) groups excluding carboxylic acids is 1. The molecule has 1 aromatic heterocycles. The van der Waals surface area contributed by atoms with E-state index in [0.29, 0.717) is 17.8 Å². The van der Waals surface area contributed by atoms with Crippen molar-refractivity contribution < 1.29 is 13.2 Å².